The zero-order valence-corrected chi connectivity index (χ0v) is 12.3. The zero-order valence-electron chi connectivity index (χ0n) is 12.3. The van der Waals surface area contributed by atoms with Crippen LogP contribution in [0.1, 0.15) is 52.4 Å². The predicted molar refractivity (Wildman–Crippen MR) is 75.6 cm³/mol. The molecule has 1 heterocycles. The molecule has 1 aliphatic carbocycles. The minimum absolute atomic E-state index is 0.201. The van der Waals surface area contributed by atoms with Crippen LogP contribution in [0.15, 0.2) is 0 Å². The molecular weight excluding hydrogens is 224 g/mol. The molecule has 2 N–H and O–H groups in total. The number of likely N-dealkylation sites (tertiary alicyclic amines) is 1. The molecule has 106 valence electrons. The van der Waals surface area contributed by atoms with Crippen LogP contribution in [-0.4, -0.2) is 42.8 Å². The van der Waals surface area contributed by atoms with Crippen LogP contribution in [0.5, 0.6) is 0 Å². The maximum Gasteiger partial charge on any atom is 0.0589 e. The van der Waals surface area contributed by atoms with Gasteiger partial charge >= 0.3 is 0 Å². The second-order valence-corrected chi connectivity index (χ2v) is 6.44. The van der Waals surface area contributed by atoms with Gasteiger partial charge in [-0.2, -0.15) is 0 Å². The number of rotatable bonds is 3. The van der Waals surface area contributed by atoms with Gasteiger partial charge in [0.2, 0.25) is 0 Å². The first-order valence-corrected chi connectivity index (χ1v) is 7.62. The lowest BCUT2D eigenvalue weighted by atomic mass is 9.75. The maximum atomic E-state index is 6.20. The Morgan fingerprint density at radius 2 is 2.06 bits per heavy atom. The van der Waals surface area contributed by atoms with Crippen molar-refractivity contribution in [1.29, 1.82) is 0 Å². The standard InChI is InChI=1S/C15H30N2O/c1-12-6-5-9-17(13(12)2)15(11-16)8-4-7-14(10-15)18-3/h12-14H,4-11,16H2,1-3H3. The summed E-state index contributed by atoms with van der Waals surface area (Å²) in [5.74, 6) is 0.796. The highest BCUT2D eigenvalue weighted by Crippen LogP contribution is 2.39. The molecule has 4 unspecified atom stereocenters. The molecule has 1 saturated heterocycles. The van der Waals surface area contributed by atoms with E-state index in [9.17, 15) is 0 Å². The molecule has 2 fully saturated rings. The molecule has 2 rings (SSSR count). The average molecular weight is 254 g/mol. The SMILES string of the molecule is COC1CCCC(CN)(N2CCCC(C)C2C)C1. The van der Waals surface area contributed by atoms with E-state index in [1.54, 1.807) is 0 Å². The second kappa shape index (κ2) is 5.89. The minimum Gasteiger partial charge on any atom is -0.381 e. The van der Waals surface area contributed by atoms with Crippen LogP contribution in [0, 0.1) is 5.92 Å². The van der Waals surface area contributed by atoms with Crippen LogP contribution in [0.3, 0.4) is 0 Å². The summed E-state index contributed by atoms with van der Waals surface area (Å²) in [5.41, 5.74) is 6.40. The van der Waals surface area contributed by atoms with Crippen LogP contribution in [0.2, 0.25) is 0 Å². The van der Waals surface area contributed by atoms with Gasteiger partial charge in [-0.15, -0.1) is 0 Å². The number of hydrogen-bond donors (Lipinski definition) is 1. The summed E-state index contributed by atoms with van der Waals surface area (Å²) >= 11 is 0. The second-order valence-electron chi connectivity index (χ2n) is 6.44. The fourth-order valence-electron chi connectivity index (χ4n) is 4.06. The summed E-state index contributed by atoms with van der Waals surface area (Å²) in [6, 6.07) is 0.665. The molecule has 2 aliphatic rings. The van der Waals surface area contributed by atoms with E-state index in [0.29, 0.717) is 12.1 Å². The Morgan fingerprint density at radius 3 is 2.72 bits per heavy atom. The first kappa shape index (κ1) is 14.3. The topological polar surface area (TPSA) is 38.5 Å². The summed E-state index contributed by atoms with van der Waals surface area (Å²) in [5, 5.41) is 0. The highest BCUT2D eigenvalue weighted by molar-refractivity contribution is 5.00. The molecular formula is C15H30N2O. The van der Waals surface area contributed by atoms with Gasteiger partial charge in [-0.1, -0.05) is 6.92 Å². The van der Waals surface area contributed by atoms with Crippen LogP contribution in [0.4, 0.5) is 0 Å². The van der Waals surface area contributed by atoms with Crippen molar-refractivity contribution >= 4 is 0 Å². The summed E-state index contributed by atoms with van der Waals surface area (Å²) < 4.78 is 5.62. The molecule has 1 aliphatic heterocycles. The Hall–Kier alpha value is -0.120. The van der Waals surface area contributed by atoms with Crippen molar-refractivity contribution in [2.24, 2.45) is 11.7 Å². The zero-order chi connectivity index (χ0) is 13.2. The van der Waals surface area contributed by atoms with Crippen LogP contribution in [0.25, 0.3) is 0 Å². The van der Waals surface area contributed by atoms with Crippen LogP contribution < -0.4 is 5.73 Å². The van der Waals surface area contributed by atoms with Crippen molar-refractivity contribution in [1.82, 2.24) is 4.90 Å². The number of ether oxygens (including phenoxy) is 1. The van der Waals surface area contributed by atoms with E-state index in [4.69, 9.17) is 10.5 Å². The smallest absolute Gasteiger partial charge is 0.0589 e. The largest absolute Gasteiger partial charge is 0.381 e. The molecule has 18 heavy (non-hydrogen) atoms. The molecule has 0 radical (unpaired) electrons. The summed E-state index contributed by atoms with van der Waals surface area (Å²) in [6.45, 7) is 6.78. The predicted octanol–water partition coefficient (Wildman–Crippen LogP) is 2.39. The highest BCUT2D eigenvalue weighted by atomic mass is 16.5. The number of piperidine rings is 1. The molecule has 0 spiro atoms. The van der Waals surface area contributed by atoms with Gasteiger partial charge in [-0.3, -0.25) is 4.90 Å². The first-order chi connectivity index (χ1) is 8.63. The molecule has 0 bridgehead atoms. The lowest BCUT2D eigenvalue weighted by Crippen LogP contribution is -2.62. The third kappa shape index (κ3) is 2.59. The Labute approximate surface area is 112 Å². The molecule has 0 aromatic rings. The number of nitrogens with two attached hydrogens (primary N) is 1. The van der Waals surface area contributed by atoms with Crippen molar-refractivity contribution in [3.63, 3.8) is 0 Å². The number of nitrogens with zero attached hydrogens (tertiary/aromatic N) is 1. The Morgan fingerprint density at radius 1 is 1.28 bits per heavy atom. The fraction of sp³-hybridized carbons (Fsp3) is 1.00. The summed E-state index contributed by atoms with van der Waals surface area (Å²) in [7, 11) is 1.85. The van der Waals surface area contributed by atoms with E-state index >= 15 is 0 Å². The Balaban J connectivity index is 2.15. The van der Waals surface area contributed by atoms with Gasteiger partial charge < -0.3 is 10.5 Å². The third-order valence-electron chi connectivity index (χ3n) is 5.47. The van der Waals surface area contributed by atoms with Gasteiger partial charge in [0, 0.05) is 25.2 Å². The van der Waals surface area contributed by atoms with E-state index in [-0.39, 0.29) is 5.54 Å². The summed E-state index contributed by atoms with van der Waals surface area (Å²) in [4.78, 5) is 2.71. The van der Waals surface area contributed by atoms with Gasteiger partial charge in [0.25, 0.3) is 0 Å². The van der Waals surface area contributed by atoms with Crippen LogP contribution >= 0.6 is 0 Å². The molecule has 0 amide bonds. The van der Waals surface area contributed by atoms with Crippen molar-refractivity contribution in [2.45, 2.75) is 70.1 Å². The van der Waals surface area contributed by atoms with Crippen molar-refractivity contribution in [3.05, 3.63) is 0 Å². The lowest BCUT2D eigenvalue weighted by molar-refractivity contribution is -0.0593. The monoisotopic (exact) mass is 254 g/mol. The maximum absolute atomic E-state index is 6.20. The highest BCUT2D eigenvalue weighted by Gasteiger charge is 2.44. The van der Waals surface area contributed by atoms with E-state index < -0.39 is 0 Å². The van der Waals surface area contributed by atoms with Gasteiger partial charge in [0.1, 0.15) is 0 Å². The number of hydrogen-bond acceptors (Lipinski definition) is 3. The molecule has 3 heteroatoms. The fourth-order valence-corrected chi connectivity index (χ4v) is 4.06. The third-order valence-corrected chi connectivity index (χ3v) is 5.47. The molecule has 1 saturated carbocycles. The van der Waals surface area contributed by atoms with E-state index in [0.717, 1.165) is 18.9 Å². The summed E-state index contributed by atoms with van der Waals surface area (Å²) in [6.07, 6.45) is 7.93. The number of methoxy groups -OCH3 is 1. The quantitative estimate of drug-likeness (QED) is 0.840. The van der Waals surface area contributed by atoms with E-state index in [1.165, 1.54) is 38.6 Å². The average Bonchev–Trinajstić information content (AvgIpc) is 2.41. The Bertz CT molecular complexity index is 271. The van der Waals surface area contributed by atoms with Crippen LogP contribution in [-0.2, 0) is 4.74 Å². The van der Waals surface area contributed by atoms with Gasteiger partial charge in [-0.05, 0) is 57.9 Å². The first-order valence-electron chi connectivity index (χ1n) is 7.62. The van der Waals surface area contributed by atoms with E-state index in [1.807, 2.05) is 7.11 Å². The molecule has 3 nitrogen and oxygen atoms in total. The van der Waals surface area contributed by atoms with Gasteiger partial charge in [-0.25, -0.2) is 0 Å². The lowest BCUT2D eigenvalue weighted by Gasteiger charge is -2.53. The van der Waals surface area contributed by atoms with Crippen molar-refractivity contribution < 1.29 is 4.74 Å². The minimum atomic E-state index is 0.201. The van der Waals surface area contributed by atoms with E-state index in [2.05, 4.69) is 18.7 Å². The Kier molecular flexibility index (Phi) is 4.68. The van der Waals surface area contributed by atoms with Gasteiger partial charge in [0.15, 0.2) is 0 Å². The molecule has 0 aromatic heterocycles. The van der Waals surface area contributed by atoms with Crippen molar-refractivity contribution in [2.75, 3.05) is 20.2 Å². The normalized spacial score (nSPS) is 43.0. The molecule has 4 atom stereocenters. The van der Waals surface area contributed by atoms with Gasteiger partial charge in [0.05, 0.1) is 6.10 Å². The van der Waals surface area contributed by atoms with Crippen molar-refractivity contribution in [3.8, 4) is 0 Å². The molecule has 0 aromatic carbocycles.